The van der Waals surface area contributed by atoms with Crippen LogP contribution in [0.1, 0.15) is 42.0 Å². The van der Waals surface area contributed by atoms with Gasteiger partial charge in [0.25, 0.3) is 11.8 Å². The minimum absolute atomic E-state index is 0.194. The van der Waals surface area contributed by atoms with Gasteiger partial charge in [0.15, 0.2) is 11.5 Å². The topological polar surface area (TPSA) is 94.2 Å². The lowest BCUT2D eigenvalue weighted by Crippen LogP contribution is -2.54. The molecule has 0 radical (unpaired) electrons. The Hall–Kier alpha value is -4.11. The fourth-order valence-electron chi connectivity index (χ4n) is 4.36. The summed E-state index contributed by atoms with van der Waals surface area (Å²) in [5.74, 6) is 0.0162. The van der Waals surface area contributed by atoms with E-state index in [2.05, 4.69) is 46.4 Å². The Kier molecular flexibility index (Phi) is 9.26. The quantitative estimate of drug-likeness (QED) is 0.161. The Labute approximate surface area is 242 Å². The van der Waals surface area contributed by atoms with E-state index < -0.39 is 17.8 Å². The van der Waals surface area contributed by atoms with Crippen LogP contribution in [0.3, 0.4) is 0 Å². The summed E-state index contributed by atoms with van der Waals surface area (Å²) in [5.41, 5.74) is 3.94. The van der Waals surface area contributed by atoms with Crippen LogP contribution >= 0.6 is 15.9 Å². The van der Waals surface area contributed by atoms with Crippen molar-refractivity contribution < 1.29 is 28.6 Å². The third-order valence-electron chi connectivity index (χ3n) is 6.19. The first-order valence-corrected chi connectivity index (χ1v) is 13.7. The second-order valence-electron chi connectivity index (χ2n) is 9.47. The predicted molar refractivity (Wildman–Crippen MR) is 157 cm³/mol. The summed E-state index contributed by atoms with van der Waals surface area (Å²) in [6.07, 6.45) is 3.35. The summed E-state index contributed by atoms with van der Waals surface area (Å²) in [6.45, 7) is 7.05. The van der Waals surface area contributed by atoms with Crippen molar-refractivity contribution in [1.29, 1.82) is 0 Å². The van der Waals surface area contributed by atoms with Gasteiger partial charge >= 0.3 is 6.03 Å². The molecule has 3 aromatic carbocycles. The van der Waals surface area contributed by atoms with Crippen molar-refractivity contribution in [2.75, 3.05) is 18.6 Å². The molecule has 8 nitrogen and oxygen atoms in total. The van der Waals surface area contributed by atoms with Crippen molar-refractivity contribution in [2.24, 2.45) is 0 Å². The molecule has 3 aromatic rings. The van der Waals surface area contributed by atoms with E-state index in [0.717, 1.165) is 34.4 Å². The lowest BCUT2D eigenvalue weighted by molar-refractivity contribution is -0.122. The van der Waals surface area contributed by atoms with Crippen LogP contribution in [0.4, 0.5) is 10.5 Å². The van der Waals surface area contributed by atoms with E-state index in [0.29, 0.717) is 46.2 Å². The fraction of sp³-hybridized carbons (Fsp3) is 0.258. The number of unbranched alkanes of at least 4 members (excludes halogenated alkanes) is 1. The second-order valence-corrected chi connectivity index (χ2v) is 10.3. The van der Waals surface area contributed by atoms with Crippen molar-refractivity contribution in [2.45, 2.75) is 40.2 Å². The maximum absolute atomic E-state index is 13.3. The zero-order valence-electron chi connectivity index (χ0n) is 22.9. The number of nitrogens with one attached hydrogen (secondary N) is 1. The lowest BCUT2D eigenvalue weighted by atomic mass is 10.1. The molecule has 208 valence electrons. The maximum atomic E-state index is 13.3. The van der Waals surface area contributed by atoms with Crippen LogP contribution in [0.15, 0.2) is 64.6 Å². The van der Waals surface area contributed by atoms with Gasteiger partial charge < -0.3 is 14.2 Å². The molecular formula is C31H31BrN2O6. The molecule has 1 fully saturated rings. The van der Waals surface area contributed by atoms with E-state index in [1.807, 2.05) is 13.8 Å². The number of rotatable bonds is 10. The van der Waals surface area contributed by atoms with Gasteiger partial charge in [-0.1, -0.05) is 42.7 Å². The largest absolute Gasteiger partial charge is 0.494 e. The third kappa shape index (κ3) is 6.71. The van der Waals surface area contributed by atoms with E-state index in [9.17, 15) is 14.4 Å². The van der Waals surface area contributed by atoms with Gasteiger partial charge in [-0.25, -0.2) is 9.69 Å². The van der Waals surface area contributed by atoms with Gasteiger partial charge in [0.1, 0.15) is 17.9 Å². The number of urea groups is 1. The van der Waals surface area contributed by atoms with E-state index in [1.54, 1.807) is 36.4 Å². The molecule has 4 amide bonds. The summed E-state index contributed by atoms with van der Waals surface area (Å²) in [7, 11) is 1.51. The highest BCUT2D eigenvalue weighted by atomic mass is 79.9. The number of hydrogen-bond acceptors (Lipinski definition) is 6. The number of ether oxygens (including phenoxy) is 3. The Bertz CT molecular complexity index is 1450. The van der Waals surface area contributed by atoms with Crippen molar-refractivity contribution >= 4 is 45.5 Å². The number of nitrogens with zero attached hydrogens (tertiary/aromatic N) is 1. The SMILES string of the molecule is CCCCOc1ccc(N2C(=O)NC(=O)/C(=C/c3cc(Br)c(OCc4cc(C)cc(C)c4)c(OC)c3)C2=O)cc1. The molecule has 9 heteroatoms. The summed E-state index contributed by atoms with van der Waals surface area (Å²) < 4.78 is 17.9. The first-order valence-electron chi connectivity index (χ1n) is 12.9. The number of anilines is 1. The molecule has 0 aromatic heterocycles. The number of benzene rings is 3. The first-order chi connectivity index (χ1) is 19.2. The van der Waals surface area contributed by atoms with Crippen molar-refractivity contribution in [3.05, 3.63) is 86.9 Å². The molecular weight excluding hydrogens is 576 g/mol. The normalized spacial score (nSPS) is 14.4. The van der Waals surface area contributed by atoms with Gasteiger partial charge in [-0.05, 0) is 89.8 Å². The number of aryl methyl sites for hydroxylation is 2. The predicted octanol–water partition coefficient (Wildman–Crippen LogP) is 6.50. The molecule has 1 heterocycles. The minimum atomic E-state index is -0.819. The third-order valence-corrected chi connectivity index (χ3v) is 6.78. The van der Waals surface area contributed by atoms with Gasteiger partial charge in [0.2, 0.25) is 0 Å². The number of carbonyl (C=O) groups is 3. The number of barbiturate groups is 1. The molecule has 0 saturated carbocycles. The number of amides is 4. The van der Waals surface area contributed by atoms with Crippen LogP contribution in [0.25, 0.3) is 6.08 Å². The highest BCUT2D eigenvalue weighted by molar-refractivity contribution is 9.10. The maximum Gasteiger partial charge on any atom is 0.335 e. The molecule has 1 aliphatic heterocycles. The standard InChI is InChI=1S/C31H31BrN2O6/c1-5-6-11-39-24-9-7-23(8-10-24)34-30(36)25(29(35)33-31(34)37)15-21-16-26(32)28(27(17-21)38-4)40-18-22-13-19(2)12-20(3)14-22/h7-10,12-17H,5-6,11,18H2,1-4H3,(H,33,35,37)/b25-15-. The summed E-state index contributed by atoms with van der Waals surface area (Å²) in [4.78, 5) is 39.6. The Balaban J connectivity index is 1.57. The first kappa shape index (κ1) is 28.9. The molecule has 0 spiro atoms. The molecule has 1 aliphatic rings. The molecule has 0 bridgehead atoms. The van der Waals surface area contributed by atoms with E-state index >= 15 is 0 Å². The Morgan fingerprint density at radius 3 is 2.30 bits per heavy atom. The molecule has 0 unspecified atom stereocenters. The Morgan fingerprint density at radius 2 is 1.65 bits per heavy atom. The fourth-order valence-corrected chi connectivity index (χ4v) is 4.93. The van der Waals surface area contributed by atoms with Crippen LogP contribution < -0.4 is 24.4 Å². The molecule has 1 saturated heterocycles. The molecule has 0 atom stereocenters. The summed E-state index contributed by atoms with van der Waals surface area (Å²) >= 11 is 3.53. The molecule has 40 heavy (non-hydrogen) atoms. The summed E-state index contributed by atoms with van der Waals surface area (Å²) in [5, 5.41) is 2.25. The molecule has 0 aliphatic carbocycles. The van der Waals surface area contributed by atoms with Crippen LogP contribution in [-0.4, -0.2) is 31.6 Å². The zero-order valence-corrected chi connectivity index (χ0v) is 24.5. The van der Waals surface area contributed by atoms with E-state index in [-0.39, 0.29) is 5.57 Å². The van der Waals surface area contributed by atoms with Crippen LogP contribution in [-0.2, 0) is 16.2 Å². The average molecular weight is 608 g/mol. The van der Waals surface area contributed by atoms with Gasteiger partial charge in [-0.3, -0.25) is 14.9 Å². The highest BCUT2D eigenvalue weighted by Gasteiger charge is 2.37. The monoisotopic (exact) mass is 606 g/mol. The zero-order chi connectivity index (χ0) is 28.8. The smallest absolute Gasteiger partial charge is 0.335 e. The highest BCUT2D eigenvalue weighted by Crippen LogP contribution is 2.38. The minimum Gasteiger partial charge on any atom is -0.494 e. The van der Waals surface area contributed by atoms with E-state index in [4.69, 9.17) is 14.2 Å². The number of carbonyl (C=O) groups excluding carboxylic acids is 3. The van der Waals surface area contributed by atoms with Gasteiger partial charge in [0.05, 0.1) is 23.9 Å². The number of methoxy groups -OCH3 is 1. The molecule has 4 rings (SSSR count). The van der Waals surface area contributed by atoms with Gasteiger partial charge in [0, 0.05) is 0 Å². The number of halogens is 1. The van der Waals surface area contributed by atoms with Crippen LogP contribution in [0.2, 0.25) is 0 Å². The second kappa shape index (κ2) is 12.8. The van der Waals surface area contributed by atoms with Crippen molar-refractivity contribution in [3.8, 4) is 17.2 Å². The Morgan fingerprint density at radius 1 is 0.950 bits per heavy atom. The van der Waals surface area contributed by atoms with E-state index in [1.165, 1.54) is 13.2 Å². The average Bonchev–Trinajstić information content (AvgIpc) is 2.90. The lowest BCUT2D eigenvalue weighted by Gasteiger charge is -2.26. The van der Waals surface area contributed by atoms with Gasteiger partial charge in [-0.15, -0.1) is 0 Å². The van der Waals surface area contributed by atoms with Crippen molar-refractivity contribution in [3.63, 3.8) is 0 Å². The van der Waals surface area contributed by atoms with Crippen LogP contribution in [0.5, 0.6) is 17.2 Å². The van der Waals surface area contributed by atoms with Crippen molar-refractivity contribution in [1.82, 2.24) is 5.32 Å². The number of hydrogen-bond donors (Lipinski definition) is 1. The van der Waals surface area contributed by atoms with Crippen LogP contribution in [0, 0.1) is 13.8 Å². The number of imide groups is 2. The summed E-state index contributed by atoms with van der Waals surface area (Å²) in [6, 6.07) is 15.3. The van der Waals surface area contributed by atoms with Gasteiger partial charge in [-0.2, -0.15) is 0 Å². The molecule has 1 N–H and O–H groups in total.